The first kappa shape index (κ1) is 14.7. The molecule has 0 fully saturated rings. The van der Waals surface area contributed by atoms with Crippen molar-refractivity contribution in [2.45, 2.75) is 17.2 Å². The molecular formula is C17H12N4O2S2. The molecule has 3 aromatic heterocycles. The quantitative estimate of drug-likeness (QED) is 0.571. The molecule has 0 amide bonds. The Bertz CT molecular complexity index is 1130. The maximum Gasteiger partial charge on any atom is 0.261 e. The molecule has 1 atom stereocenters. The number of anilines is 2. The molecule has 0 radical (unpaired) electrons. The Balaban J connectivity index is 1.74. The van der Waals surface area contributed by atoms with Gasteiger partial charge in [0.15, 0.2) is 0 Å². The van der Waals surface area contributed by atoms with E-state index in [9.17, 15) is 4.79 Å². The number of thiophene rings is 1. The van der Waals surface area contributed by atoms with E-state index in [4.69, 9.17) is 4.52 Å². The third-order valence-electron chi connectivity index (χ3n) is 4.08. The van der Waals surface area contributed by atoms with Crippen molar-refractivity contribution in [3.63, 3.8) is 0 Å². The second-order valence-corrected chi connectivity index (χ2v) is 7.68. The lowest BCUT2D eigenvalue weighted by Crippen LogP contribution is -2.19. The average molecular weight is 368 g/mol. The number of hydrogen-bond donors (Lipinski definition) is 1. The SMILES string of the molecule is Cc1nc2csc(N3c4oncc4SC3c3ccccc3)c2c(=O)[nH]1. The lowest BCUT2D eigenvalue weighted by Gasteiger charge is -2.23. The van der Waals surface area contributed by atoms with Gasteiger partial charge in [0.05, 0.1) is 16.6 Å². The molecule has 4 heterocycles. The summed E-state index contributed by atoms with van der Waals surface area (Å²) in [6, 6.07) is 10.2. The number of thioether (sulfide) groups is 1. The predicted octanol–water partition coefficient (Wildman–Crippen LogP) is 4.22. The number of nitrogens with one attached hydrogen (secondary N) is 1. The van der Waals surface area contributed by atoms with Crippen LogP contribution in [0, 0.1) is 6.92 Å². The van der Waals surface area contributed by atoms with Gasteiger partial charge in [0.25, 0.3) is 5.56 Å². The van der Waals surface area contributed by atoms with Crippen LogP contribution in [0.25, 0.3) is 10.9 Å². The van der Waals surface area contributed by atoms with Crippen molar-refractivity contribution in [2.24, 2.45) is 0 Å². The van der Waals surface area contributed by atoms with Gasteiger partial charge in [0.1, 0.15) is 21.6 Å². The fraction of sp³-hybridized carbons (Fsp3) is 0.118. The summed E-state index contributed by atoms with van der Waals surface area (Å²) in [5.74, 6) is 1.28. The van der Waals surface area contributed by atoms with Crippen molar-refractivity contribution >= 4 is 44.9 Å². The lowest BCUT2D eigenvalue weighted by molar-refractivity contribution is 0.422. The number of nitrogens with zero attached hydrogens (tertiary/aromatic N) is 3. The topological polar surface area (TPSA) is 75.0 Å². The molecule has 4 aromatic rings. The second kappa shape index (κ2) is 5.47. The van der Waals surface area contributed by atoms with Crippen LogP contribution < -0.4 is 10.5 Å². The van der Waals surface area contributed by atoms with E-state index in [-0.39, 0.29) is 10.9 Å². The summed E-state index contributed by atoms with van der Waals surface area (Å²) in [7, 11) is 0. The number of hydrogen-bond acceptors (Lipinski definition) is 7. The zero-order valence-corrected chi connectivity index (χ0v) is 14.7. The molecule has 0 aliphatic carbocycles. The van der Waals surface area contributed by atoms with E-state index in [0.29, 0.717) is 22.6 Å². The highest BCUT2D eigenvalue weighted by Crippen LogP contribution is 2.56. The minimum absolute atomic E-state index is 0.0134. The van der Waals surface area contributed by atoms with Gasteiger partial charge < -0.3 is 9.51 Å². The third-order valence-corrected chi connectivity index (χ3v) is 6.28. The van der Waals surface area contributed by atoms with Crippen molar-refractivity contribution in [1.82, 2.24) is 15.1 Å². The van der Waals surface area contributed by atoms with E-state index in [1.165, 1.54) is 11.3 Å². The highest BCUT2D eigenvalue weighted by Gasteiger charge is 2.38. The van der Waals surface area contributed by atoms with Gasteiger partial charge in [-0.05, 0) is 12.5 Å². The first-order chi connectivity index (χ1) is 12.2. The van der Waals surface area contributed by atoms with Gasteiger partial charge in [-0.1, -0.05) is 47.3 Å². The molecule has 0 saturated heterocycles. The minimum Gasteiger partial charge on any atom is -0.337 e. The Morgan fingerprint density at radius 1 is 1.28 bits per heavy atom. The van der Waals surface area contributed by atoms with Gasteiger partial charge in [0.2, 0.25) is 5.88 Å². The molecule has 25 heavy (non-hydrogen) atoms. The molecular weight excluding hydrogens is 356 g/mol. The Kier molecular flexibility index (Phi) is 3.22. The van der Waals surface area contributed by atoms with Gasteiger partial charge >= 0.3 is 0 Å². The van der Waals surface area contributed by atoms with Crippen LogP contribution in [0.4, 0.5) is 10.9 Å². The number of aromatic nitrogens is 3. The highest BCUT2D eigenvalue weighted by molar-refractivity contribution is 8.00. The van der Waals surface area contributed by atoms with Crippen LogP contribution in [0.15, 0.2) is 56.1 Å². The van der Waals surface area contributed by atoms with E-state index >= 15 is 0 Å². The first-order valence-corrected chi connectivity index (χ1v) is 9.42. The van der Waals surface area contributed by atoms with E-state index in [0.717, 1.165) is 15.5 Å². The highest BCUT2D eigenvalue weighted by atomic mass is 32.2. The van der Waals surface area contributed by atoms with Gasteiger partial charge in [0, 0.05) is 5.38 Å². The average Bonchev–Trinajstić information content (AvgIpc) is 3.29. The summed E-state index contributed by atoms with van der Waals surface area (Å²) < 4.78 is 5.51. The molecule has 8 heteroatoms. The third kappa shape index (κ3) is 2.21. The number of aryl methyl sites for hydroxylation is 1. The molecule has 0 saturated carbocycles. The summed E-state index contributed by atoms with van der Waals surface area (Å²) in [6.45, 7) is 1.78. The van der Waals surface area contributed by atoms with Gasteiger partial charge in [-0.2, -0.15) is 0 Å². The lowest BCUT2D eigenvalue weighted by atomic mass is 10.2. The van der Waals surface area contributed by atoms with Crippen LogP contribution in [0.3, 0.4) is 0 Å². The minimum atomic E-state index is -0.136. The molecule has 0 spiro atoms. The number of H-pyrrole nitrogens is 1. The number of rotatable bonds is 2. The summed E-state index contributed by atoms with van der Waals surface area (Å²) in [5, 5.41) is 7.22. The van der Waals surface area contributed by atoms with Crippen molar-refractivity contribution in [1.29, 1.82) is 0 Å². The molecule has 1 N–H and O–H groups in total. The van der Waals surface area contributed by atoms with Gasteiger partial charge in [-0.25, -0.2) is 4.98 Å². The van der Waals surface area contributed by atoms with E-state index in [1.54, 1.807) is 24.9 Å². The van der Waals surface area contributed by atoms with Gasteiger partial charge in [-0.3, -0.25) is 9.69 Å². The molecule has 1 aliphatic heterocycles. The van der Waals surface area contributed by atoms with Gasteiger partial charge in [-0.15, -0.1) is 11.3 Å². The first-order valence-electron chi connectivity index (χ1n) is 7.66. The Labute approximate surface area is 150 Å². The Morgan fingerprint density at radius 2 is 2.12 bits per heavy atom. The van der Waals surface area contributed by atoms with Crippen molar-refractivity contribution in [2.75, 3.05) is 4.90 Å². The monoisotopic (exact) mass is 368 g/mol. The summed E-state index contributed by atoms with van der Waals surface area (Å²) in [6.07, 6.45) is 1.72. The molecule has 1 aliphatic rings. The smallest absolute Gasteiger partial charge is 0.261 e. The Morgan fingerprint density at radius 3 is 2.96 bits per heavy atom. The maximum absolute atomic E-state index is 12.6. The van der Waals surface area contributed by atoms with Crippen molar-refractivity contribution in [3.05, 3.63) is 63.7 Å². The zero-order chi connectivity index (χ0) is 17.0. The van der Waals surface area contributed by atoms with E-state index < -0.39 is 0 Å². The molecule has 1 unspecified atom stereocenters. The normalized spacial score (nSPS) is 16.5. The summed E-state index contributed by atoms with van der Waals surface area (Å²) in [5.41, 5.74) is 1.70. The second-order valence-electron chi connectivity index (χ2n) is 5.70. The van der Waals surface area contributed by atoms with Crippen LogP contribution in [0.1, 0.15) is 16.8 Å². The fourth-order valence-electron chi connectivity index (χ4n) is 3.03. The van der Waals surface area contributed by atoms with Crippen LogP contribution in [-0.4, -0.2) is 15.1 Å². The number of fused-ring (bicyclic) bond motifs is 2. The van der Waals surface area contributed by atoms with Crippen LogP contribution >= 0.6 is 23.1 Å². The molecule has 0 bridgehead atoms. The maximum atomic E-state index is 12.6. The van der Waals surface area contributed by atoms with E-state index in [1.807, 2.05) is 28.5 Å². The molecule has 1 aromatic carbocycles. The predicted molar refractivity (Wildman–Crippen MR) is 98.7 cm³/mol. The summed E-state index contributed by atoms with van der Waals surface area (Å²) in [4.78, 5) is 22.8. The number of aromatic amines is 1. The Hall–Kier alpha value is -2.58. The standard InChI is InChI=1S/C17H12N4O2S2/c1-9-19-11-8-24-17(13(11)14(22)20-9)21-15-12(7-18-23-15)25-16(21)10-5-3-2-4-6-10/h2-8,16H,1H3,(H,19,20,22). The van der Waals surface area contributed by atoms with E-state index in [2.05, 4.69) is 27.3 Å². The summed E-state index contributed by atoms with van der Waals surface area (Å²) >= 11 is 3.15. The number of benzene rings is 1. The van der Waals surface area contributed by atoms with Crippen molar-refractivity contribution < 1.29 is 4.52 Å². The molecule has 124 valence electrons. The molecule has 6 nitrogen and oxygen atoms in total. The fourth-order valence-corrected chi connectivity index (χ4v) is 5.29. The molecule has 5 rings (SSSR count). The van der Waals surface area contributed by atoms with Crippen LogP contribution in [0.2, 0.25) is 0 Å². The largest absolute Gasteiger partial charge is 0.337 e. The van der Waals surface area contributed by atoms with Crippen LogP contribution in [0.5, 0.6) is 0 Å². The zero-order valence-electron chi connectivity index (χ0n) is 13.1. The van der Waals surface area contributed by atoms with Crippen LogP contribution in [-0.2, 0) is 0 Å². The van der Waals surface area contributed by atoms with Crippen molar-refractivity contribution in [3.8, 4) is 0 Å².